The van der Waals surface area contributed by atoms with Crippen molar-refractivity contribution in [2.45, 2.75) is 77.0 Å². The Balaban J connectivity index is 1.13. The third-order valence-electron chi connectivity index (χ3n) is 9.81. The molecule has 0 saturated heterocycles. The van der Waals surface area contributed by atoms with Gasteiger partial charge in [0.05, 0.1) is 0 Å². The van der Waals surface area contributed by atoms with E-state index in [2.05, 4.69) is 41.9 Å². The van der Waals surface area contributed by atoms with E-state index in [1.54, 1.807) is 0 Å². The average molecular weight is 394 g/mol. The molecule has 0 aliphatic heterocycles. The van der Waals surface area contributed by atoms with E-state index in [1.807, 2.05) is 6.07 Å². The molecule has 0 heteroatoms. The summed E-state index contributed by atoms with van der Waals surface area (Å²) in [6, 6.07) is 9.79. The van der Waals surface area contributed by atoms with Gasteiger partial charge in [-0.15, -0.1) is 0 Å². The fourth-order valence-electron chi connectivity index (χ4n) is 9.55. The van der Waals surface area contributed by atoms with E-state index in [0.29, 0.717) is 10.8 Å². The lowest BCUT2D eigenvalue weighted by molar-refractivity contribution is -0.0182. The molecule has 1 aromatic carbocycles. The molecule has 9 rings (SSSR count). The monoisotopic (exact) mass is 393 g/mol. The van der Waals surface area contributed by atoms with Crippen molar-refractivity contribution in [3.8, 4) is 23.7 Å². The summed E-state index contributed by atoms with van der Waals surface area (Å²) in [5, 5.41) is 0. The van der Waals surface area contributed by atoms with Crippen molar-refractivity contribution in [3.63, 3.8) is 0 Å². The van der Waals surface area contributed by atoms with Gasteiger partial charge in [0, 0.05) is 22.0 Å². The van der Waals surface area contributed by atoms with Crippen LogP contribution in [0.3, 0.4) is 0 Å². The lowest BCUT2D eigenvalue weighted by Crippen LogP contribution is -2.45. The molecule has 0 unspecified atom stereocenters. The van der Waals surface area contributed by atoms with Gasteiger partial charge < -0.3 is 0 Å². The van der Waals surface area contributed by atoms with Crippen LogP contribution >= 0.6 is 0 Å². The van der Waals surface area contributed by atoms with Gasteiger partial charge >= 0.3 is 0 Å². The normalized spacial score (nSPS) is 46.8. The minimum Gasteiger partial charge on any atom is -0.0911 e. The molecule has 8 aliphatic rings. The fourth-order valence-corrected chi connectivity index (χ4v) is 9.55. The number of hydrogen-bond acceptors (Lipinski definition) is 0. The van der Waals surface area contributed by atoms with Crippen LogP contribution in [0.15, 0.2) is 18.2 Å². The van der Waals surface area contributed by atoms with E-state index < -0.39 is 0 Å². The van der Waals surface area contributed by atoms with E-state index in [1.165, 1.54) is 77.0 Å². The highest BCUT2D eigenvalue weighted by atomic mass is 14.5. The molecule has 0 spiro atoms. The van der Waals surface area contributed by atoms with Gasteiger partial charge in [-0.05, 0) is 131 Å². The van der Waals surface area contributed by atoms with Crippen LogP contribution in [0, 0.1) is 76.1 Å². The first-order chi connectivity index (χ1) is 14.6. The van der Waals surface area contributed by atoms with E-state index >= 15 is 0 Å². The Morgan fingerprint density at radius 1 is 0.633 bits per heavy atom. The smallest absolute Gasteiger partial charge is 0.0336 e. The summed E-state index contributed by atoms with van der Waals surface area (Å²) in [5.74, 6) is 20.6. The highest BCUT2D eigenvalue weighted by molar-refractivity contribution is 5.44. The predicted octanol–water partition coefficient (Wildman–Crippen LogP) is 6.62. The van der Waals surface area contributed by atoms with Crippen molar-refractivity contribution >= 4 is 0 Å². The second kappa shape index (κ2) is 6.42. The quantitative estimate of drug-likeness (QED) is 0.434. The van der Waals surface area contributed by atoms with E-state index in [9.17, 15) is 0 Å². The summed E-state index contributed by atoms with van der Waals surface area (Å²) in [7, 11) is 0. The van der Waals surface area contributed by atoms with Gasteiger partial charge in [0.25, 0.3) is 0 Å². The number of rotatable bonds is 0. The molecule has 153 valence electrons. The molecule has 8 bridgehead atoms. The first-order valence-electron chi connectivity index (χ1n) is 12.7. The van der Waals surface area contributed by atoms with E-state index in [0.717, 1.165) is 46.6 Å². The van der Waals surface area contributed by atoms with Gasteiger partial charge in [-0.3, -0.25) is 0 Å². The molecule has 0 amide bonds. The molecule has 8 saturated carbocycles. The molecule has 0 N–H and O–H groups in total. The maximum absolute atomic E-state index is 3.81. The number of hydrogen-bond donors (Lipinski definition) is 0. The lowest BCUT2D eigenvalue weighted by atomic mass is 9.50. The molecule has 0 heterocycles. The SMILES string of the molecule is C(#CC12CC3CC(CC(C3)C1)C2)c1[c]ccc(C#CC23CC4CC(CC(C4)C2)C3)c1. The maximum Gasteiger partial charge on any atom is 0.0336 e. The van der Waals surface area contributed by atoms with Crippen LogP contribution in [0.25, 0.3) is 0 Å². The van der Waals surface area contributed by atoms with Crippen molar-refractivity contribution in [2.24, 2.45) is 46.3 Å². The van der Waals surface area contributed by atoms with Crippen LogP contribution in [0.2, 0.25) is 0 Å². The van der Waals surface area contributed by atoms with Crippen LogP contribution in [0.4, 0.5) is 0 Å². The molecule has 0 aromatic heterocycles. The highest BCUT2D eigenvalue weighted by Crippen LogP contribution is 2.60. The summed E-state index contributed by atoms with van der Waals surface area (Å²) < 4.78 is 0. The summed E-state index contributed by atoms with van der Waals surface area (Å²) in [5.41, 5.74) is 2.87. The third-order valence-corrected chi connectivity index (χ3v) is 9.81. The van der Waals surface area contributed by atoms with Gasteiger partial charge in [-0.25, -0.2) is 0 Å². The molecule has 0 nitrogen and oxygen atoms in total. The van der Waals surface area contributed by atoms with Gasteiger partial charge in [-0.2, -0.15) is 0 Å². The van der Waals surface area contributed by atoms with Crippen molar-refractivity contribution < 1.29 is 0 Å². The first kappa shape index (κ1) is 18.0. The zero-order valence-corrected chi connectivity index (χ0v) is 18.2. The Morgan fingerprint density at radius 3 is 1.53 bits per heavy atom. The van der Waals surface area contributed by atoms with Crippen molar-refractivity contribution in [3.05, 3.63) is 35.4 Å². The Kier molecular flexibility index (Phi) is 3.85. The maximum atomic E-state index is 3.81. The predicted molar refractivity (Wildman–Crippen MR) is 120 cm³/mol. The van der Waals surface area contributed by atoms with Gasteiger partial charge in [0.15, 0.2) is 0 Å². The molecule has 0 atom stereocenters. The summed E-state index contributed by atoms with van der Waals surface area (Å²) in [6.45, 7) is 0. The summed E-state index contributed by atoms with van der Waals surface area (Å²) in [6.07, 6.45) is 17.1. The molecular formula is C30H33. The van der Waals surface area contributed by atoms with Gasteiger partial charge in [0.1, 0.15) is 0 Å². The number of benzene rings is 1. The first-order valence-corrected chi connectivity index (χ1v) is 12.7. The topological polar surface area (TPSA) is 0 Å². The van der Waals surface area contributed by atoms with Crippen LogP contribution in [0.5, 0.6) is 0 Å². The molecule has 8 aliphatic carbocycles. The van der Waals surface area contributed by atoms with E-state index in [4.69, 9.17) is 0 Å². The molecule has 1 radical (unpaired) electrons. The Labute approximate surface area is 182 Å². The van der Waals surface area contributed by atoms with Crippen molar-refractivity contribution in [1.29, 1.82) is 0 Å². The summed E-state index contributed by atoms with van der Waals surface area (Å²) >= 11 is 0. The second-order valence-electron chi connectivity index (χ2n) is 12.4. The summed E-state index contributed by atoms with van der Waals surface area (Å²) in [4.78, 5) is 0. The standard InChI is InChI=1S/C30H33/c1-2-21(4-6-29-15-23-9-24(16-29)11-25(10-23)17-29)8-22(3-1)5-7-30-18-26-12-27(19-30)14-28(13-26)20-30/h1-2,8,23-28H,9-20H2. The molecule has 30 heavy (non-hydrogen) atoms. The van der Waals surface area contributed by atoms with Crippen LogP contribution in [0.1, 0.15) is 88.2 Å². The van der Waals surface area contributed by atoms with Crippen LogP contribution in [-0.2, 0) is 0 Å². The molecular weight excluding hydrogens is 360 g/mol. The zero-order valence-electron chi connectivity index (χ0n) is 18.2. The third kappa shape index (κ3) is 3.06. The zero-order chi connectivity index (χ0) is 19.8. The Bertz CT molecular complexity index is 838. The average Bonchev–Trinajstić information content (AvgIpc) is 2.69. The minimum absolute atomic E-state index is 0.323. The second-order valence-corrected chi connectivity index (χ2v) is 12.4. The molecule has 8 fully saturated rings. The lowest BCUT2D eigenvalue weighted by Gasteiger charge is -2.54. The van der Waals surface area contributed by atoms with Crippen molar-refractivity contribution in [1.82, 2.24) is 0 Å². The largest absolute Gasteiger partial charge is 0.0911 e. The Morgan fingerprint density at radius 2 is 1.07 bits per heavy atom. The highest BCUT2D eigenvalue weighted by Gasteiger charge is 2.51. The van der Waals surface area contributed by atoms with Gasteiger partial charge in [-0.1, -0.05) is 29.7 Å². The van der Waals surface area contributed by atoms with Crippen LogP contribution in [-0.4, -0.2) is 0 Å². The fraction of sp³-hybridized carbons (Fsp3) is 0.667. The molecule has 1 aromatic rings. The van der Waals surface area contributed by atoms with Crippen LogP contribution < -0.4 is 0 Å². The van der Waals surface area contributed by atoms with Gasteiger partial charge in [0.2, 0.25) is 0 Å². The van der Waals surface area contributed by atoms with E-state index in [-0.39, 0.29) is 0 Å². The van der Waals surface area contributed by atoms with Crippen molar-refractivity contribution in [2.75, 3.05) is 0 Å². The Hall–Kier alpha value is -1.66. The minimum atomic E-state index is 0.323.